The number of halogens is 1. The lowest BCUT2D eigenvalue weighted by molar-refractivity contribution is 0.601. The van der Waals surface area contributed by atoms with Crippen LogP contribution >= 0.6 is 23.8 Å². The molecule has 0 aliphatic rings. The first kappa shape index (κ1) is 14.8. The molecule has 0 atom stereocenters. The fourth-order valence-corrected chi connectivity index (χ4v) is 2.99. The number of hydrogen-bond donors (Lipinski definition) is 2. The Hall–Kier alpha value is -1.63. The molecule has 4 nitrogen and oxygen atoms in total. The van der Waals surface area contributed by atoms with Crippen LogP contribution in [0.3, 0.4) is 0 Å². The molecule has 2 rings (SSSR count). The zero-order valence-electron chi connectivity index (χ0n) is 10.2. The molecule has 0 fully saturated rings. The summed E-state index contributed by atoms with van der Waals surface area (Å²) in [6.07, 6.45) is 0. The Balaban J connectivity index is 2.35. The van der Waals surface area contributed by atoms with Gasteiger partial charge in [0.15, 0.2) is 0 Å². The van der Waals surface area contributed by atoms with Crippen LogP contribution < -0.4 is 10.5 Å². The second-order valence-electron chi connectivity index (χ2n) is 4.01. The lowest BCUT2D eigenvalue weighted by atomic mass is 10.2. The van der Waals surface area contributed by atoms with Gasteiger partial charge in [-0.3, -0.25) is 4.72 Å². The first-order valence-electron chi connectivity index (χ1n) is 5.57. The Labute approximate surface area is 127 Å². The Morgan fingerprint density at radius 1 is 1.15 bits per heavy atom. The third-order valence-corrected chi connectivity index (χ3v) is 4.36. The summed E-state index contributed by atoms with van der Waals surface area (Å²) < 4.78 is 26.9. The zero-order valence-corrected chi connectivity index (χ0v) is 12.6. The van der Waals surface area contributed by atoms with Crippen LogP contribution in [0.5, 0.6) is 0 Å². The van der Waals surface area contributed by atoms with E-state index in [1.807, 2.05) is 0 Å². The van der Waals surface area contributed by atoms with Crippen molar-refractivity contribution >= 4 is 44.5 Å². The fraction of sp³-hybridized carbons (Fsp3) is 0. The van der Waals surface area contributed by atoms with Crippen LogP contribution in [0.2, 0.25) is 5.02 Å². The van der Waals surface area contributed by atoms with Gasteiger partial charge in [-0.1, -0.05) is 42.0 Å². The molecule has 0 radical (unpaired) electrons. The second kappa shape index (κ2) is 5.78. The summed E-state index contributed by atoms with van der Waals surface area (Å²) >= 11 is 10.7. The van der Waals surface area contributed by atoms with Crippen LogP contribution in [0, 0.1) is 0 Å². The second-order valence-corrected chi connectivity index (χ2v) is 6.57. The molecule has 0 unspecified atom stereocenters. The van der Waals surface area contributed by atoms with E-state index in [9.17, 15) is 8.42 Å². The van der Waals surface area contributed by atoms with Crippen molar-refractivity contribution in [1.82, 2.24) is 0 Å². The maximum Gasteiger partial charge on any atom is 0.261 e. The van der Waals surface area contributed by atoms with E-state index in [2.05, 4.69) is 4.72 Å². The number of anilines is 1. The molecule has 0 aliphatic heterocycles. The molecule has 0 spiro atoms. The normalized spacial score (nSPS) is 11.1. The topological polar surface area (TPSA) is 72.2 Å². The molecule has 0 aromatic heterocycles. The summed E-state index contributed by atoms with van der Waals surface area (Å²) in [7, 11) is -3.71. The summed E-state index contributed by atoms with van der Waals surface area (Å²) in [6.45, 7) is 0. The van der Waals surface area contributed by atoms with Gasteiger partial charge in [0.05, 0.1) is 10.6 Å². The number of nitrogens with one attached hydrogen (secondary N) is 1. The molecule has 20 heavy (non-hydrogen) atoms. The number of benzene rings is 2. The molecule has 2 aromatic rings. The van der Waals surface area contributed by atoms with E-state index in [1.54, 1.807) is 30.3 Å². The maximum absolute atomic E-state index is 12.2. The summed E-state index contributed by atoms with van der Waals surface area (Å²) in [5, 5.41) is 0.446. The molecule has 2 aromatic carbocycles. The largest absolute Gasteiger partial charge is 0.389 e. The number of sulfonamides is 1. The van der Waals surface area contributed by atoms with Gasteiger partial charge in [-0.2, -0.15) is 0 Å². The van der Waals surface area contributed by atoms with Crippen molar-refractivity contribution in [2.24, 2.45) is 5.73 Å². The van der Waals surface area contributed by atoms with Crippen LogP contribution in [-0.2, 0) is 10.0 Å². The van der Waals surface area contributed by atoms with Gasteiger partial charge in [-0.15, -0.1) is 0 Å². The highest BCUT2D eigenvalue weighted by Gasteiger charge is 2.15. The molecular weight excluding hydrogens is 316 g/mol. The molecule has 0 aliphatic carbocycles. The van der Waals surface area contributed by atoms with Crippen molar-refractivity contribution in [2.45, 2.75) is 4.90 Å². The Kier molecular flexibility index (Phi) is 4.27. The molecule has 7 heteroatoms. The quantitative estimate of drug-likeness (QED) is 0.847. The third kappa shape index (κ3) is 3.47. The van der Waals surface area contributed by atoms with E-state index in [0.29, 0.717) is 16.3 Å². The molecular formula is C13H11ClN2O2S2. The monoisotopic (exact) mass is 326 g/mol. The van der Waals surface area contributed by atoms with Gasteiger partial charge in [0.2, 0.25) is 0 Å². The Morgan fingerprint density at radius 2 is 1.85 bits per heavy atom. The van der Waals surface area contributed by atoms with Gasteiger partial charge < -0.3 is 5.73 Å². The first-order chi connectivity index (χ1) is 9.38. The third-order valence-electron chi connectivity index (χ3n) is 2.51. The van der Waals surface area contributed by atoms with Gasteiger partial charge >= 0.3 is 0 Å². The van der Waals surface area contributed by atoms with Gasteiger partial charge in [-0.25, -0.2) is 8.42 Å². The first-order valence-corrected chi connectivity index (χ1v) is 7.84. The summed E-state index contributed by atoms with van der Waals surface area (Å²) in [4.78, 5) is 0.229. The highest BCUT2D eigenvalue weighted by atomic mass is 35.5. The predicted octanol–water partition coefficient (Wildman–Crippen LogP) is 2.78. The van der Waals surface area contributed by atoms with E-state index in [4.69, 9.17) is 29.6 Å². The van der Waals surface area contributed by atoms with E-state index in [1.165, 1.54) is 18.2 Å². The van der Waals surface area contributed by atoms with Crippen LogP contribution in [0.15, 0.2) is 53.4 Å². The average molecular weight is 327 g/mol. The molecule has 3 N–H and O–H groups in total. The Morgan fingerprint density at radius 3 is 2.50 bits per heavy atom. The Bertz CT molecular complexity index is 760. The molecule has 0 heterocycles. The van der Waals surface area contributed by atoms with Crippen molar-refractivity contribution in [1.29, 1.82) is 0 Å². The van der Waals surface area contributed by atoms with Gasteiger partial charge in [0.1, 0.15) is 4.99 Å². The van der Waals surface area contributed by atoms with Crippen molar-refractivity contribution < 1.29 is 8.42 Å². The van der Waals surface area contributed by atoms with Crippen LogP contribution in [0.25, 0.3) is 0 Å². The number of hydrogen-bond acceptors (Lipinski definition) is 3. The zero-order chi connectivity index (χ0) is 14.8. The van der Waals surface area contributed by atoms with Crippen LogP contribution in [-0.4, -0.2) is 13.4 Å². The number of nitrogens with two attached hydrogens (primary N) is 1. The highest BCUT2D eigenvalue weighted by molar-refractivity contribution is 7.92. The fourth-order valence-electron chi connectivity index (χ4n) is 1.58. The highest BCUT2D eigenvalue weighted by Crippen LogP contribution is 2.20. The summed E-state index contributed by atoms with van der Waals surface area (Å²) in [5.41, 5.74) is 6.38. The molecule has 0 saturated carbocycles. The summed E-state index contributed by atoms with van der Waals surface area (Å²) in [6, 6.07) is 12.6. The molecule has 104 valence electrons. The van der Waals surface area contributed by atoms with Gasteiger partial charge in [0, 0.05) is 10.6 Å². The maximum atomic E-state index is 12.2. The molecule has 0 bridgehead atoms. The van der Waals surface area contributed by atoms with Gasteiger partial charge in [0.25, 0.3) is 10.0 Å². The number of thiocarbonyl (C=S) groups is 1. The number of rotatable bonds is 4. The van der Waals surface area contributed by atoms with E-state index in [-0.39, 0.29) is 9.88 Å². The van der Waals surface area contributed by atoms with Crippen molar-refractivity contribution in [3.8, 4) is 0 Å². The minimum atomic E-state index is -3.71. The van der Waals surface area contributed by atoms with Crippen molar-refractivity contribution in [2.75, 3.05) is 4.72 Å². The van der Waals surface area contributed by atoms with Crippen LogP contribution in [0.4, 0.5) is 5.69 Å². The lowest BCUT2D eigenvalue weighted by Crippen LogP contribution is -2.15. The smallest absolute Gasteiger partial charge is 0.261 e. The van der Waals surface area contributed by atoms with Gasteiger partial charge in [-0.05, 0) is 30.3 Å². The van der Waals surface area contributed by atoms with E-state index >= 15 is 0 Å². The van der Waals surface area contributed by atoms with Crippen LogP contribution in [0.1, 0.15) is 5.56 Å². The SMILES string of the molecule is NC(=S)c1cccc(S(=O)(=O)Nc2cccc(Cl)c2)c1. The minimum Gasteiger partial charge on any atom is -0.389 e. The average Bonchev–Trinajstić information content (AvgIpc) is 2.38. The van der Waals surface area contributed by atoms with E-state index in [0.717, 1.165) is 0 Å². The lowest BCUT2D eigenvalue weighted by Gasteiger charge is -2.09. The van der Waals surface area contributed by atoms with E-state index < -0.39 is 10.0 Å². The molecule has 0 amide bonds. The van der Waals surface area contributed by atoms with Crippen molar-refractivity contribution in [3.63, 3.8) is 0 Å². The molecule has 0 saturated heterocycles. The van der Waals surface area contributed by atoms with Crippen molar-refractivity contribution in [3.05, 3.63) is 59.1 Å². The summed E-state index contributed by atoms with van der Waals surface area (Å²) in [5.74, 6) is 0. The predicted molar refractivity (Wildman–Crippen MR) is 84.6 cm³/mol. The minimum absolute atomic E-state index is 0.0859. The standard InChI is InChI=1S/C13H11ClN2O2S2/c14-10-4-2-5-11(8-10)16-20(17,18)12-6-1-3-9(7-12)13(15)19/h1-8,16H,(H2,15,19).